The number of benzene rings is 1. The quantitative estimate of drug-likeness (QED) is 0.877. The molecule has 0 aliphatic carbocycles. The van der Waals surface area contributed by atoms with E-state index in [1.165, 1.54) is 36.9 Å². The van der Waals surface area contributed by atoms with Crippen molar-refractivity contribution in [3.8, 4) is 0 Å². The Balaban J connectivity index is 1.47. The summed E-state index contributed by atoms with van der Waals surface area (Å²) in [5, 5.41) is 6.27. The number of nitrogens with zero attached hydrogens (tertiary/aromatic N) is 1. The van der Waals surface area contributed by atoms with Gasteiger partial charge in [0.2, 0.25) is 5.91 Å². The van der Waals surface area contributed by atoms with Crippen LogP contribution in [0, 0.1) is 0 Å². The number of piperidine rings is 1. The van der Waals surface area contributed by atoms with E-state index in [-0.39, 0.29) is 11.9 Å². The van der Waals surface area contributed by atoms with E-state index < -0.39 is 0 Å². The lowest BCUT2D eigenvalue weighted by Gasteiger charge is -2.33. The third-order valence-electron chi connectivity index (χ3n) is 5.19. The third kappa shape index (κ3) is 4.55. The Kier molecular flexibility index (Phi) is 5.68. The smallest absolute Gasteiger partial charge is 0.237 e. The molecule has 2 unspecified atom stereocenters. The molecule has 4 nitrogen and oxygen atoms in total. The minimum Gasteiger partial charge on any atom is -0.351 e. The molecule has 126 valence electrons. The largest absolute Gasteiger partial charge is 0.351 e. The van der Waals surface area contributed by atoms with Crippen LogP contribution in [-0.4, -0.2) is 36.0 Å². The molecular weight excluding hydrogens is 286 g/mol. The summed E-state index contributed by atoms with van der Waals surface area (Å²) < 4.78 is 0. The first-order chi connectivity index (χ1) is 11.2. The minimum absolute atomic E-state index is 0.00913. The van der Waals surface area contributed by atoms with Crippen molar-refractivity contribution in [2.75, 3.05) is 13.1 Å². The fraction of sp³-hybridized carbons (Fsp3) is 0.632. The molecule has 2 heterocycles. The summed E-state index contributed by atoms with van der Waals surface area (Å²) >= 11 is 0. The Hall–Kier alpha value is -1.39. The summed E-state index contributed by atoms with van der Waals surface area (Å²) in [5.74, 6) is 0.133. The standard InChI is InChI=1S/C19H29N3O/c1-15-5-2-3-12-22(15)14-17-9-7-16(8-10-17)13-21-19(23)18-6-4-11-20-18/h7-10,15,18,20H,2-6,11-14H2,1H3,(H,21,23). The van der Waals surface area contributed by atoms with Gasteiger partial charge in [0, 0.05) is 19.1 Å². The molecule has 0 spiro atoms. The van der Waals surface area contributed by atoms with Gasteiger partial charge in [-0.15, -0.1) is 0 Å². The fourth-order valence-electron chi connectivity index (χ4n) is 3.61. The Morgan fingerprint density at radius 2 is 1.96 bits per heavy atom. The highest BCUT2D eigenvalue weighted by Gasteiger charge is 2.21. The van der Waals surface area contributed by atoms with Crippen molar-refractivity contribution in [2.24, 2.45) is 0 Å². The second-order valence-corrected chi connectivity index (χ2v) is 7.00. The van der Waals surface area contributed by atoms with Crippen LogP contribution in [0.5, 0.6) is 0 Å². The van der Waals surface area contributed by atoms with E-state index in [2.05, 4.69) is 46.7 Å². The van der Waals surface area contributed by atoms with Gasteiger partial charge >= 0.3 is 0 Å². The zero-order valence-corrected chi connectivity index (χ0v) is 14.2. The van der Waals surface area contributed by atoms with E-state index in [1.54, 1.807) is 0 Å². The van der Waals surface area contributed by atoms with Crippen LogP contribution in [0.4, 0.5) is 0 Å². The zero-order valence-electron chi connectivity index (χ0n) is 14.2. The van der Waals surface area contributed by atoms with Crippen LogP contribution in [0.15, 0.2) is 24.3 Å². The van der Waals surface area contributed by atoms with Crippen LogP contribution in [-0.2, 0) is 17.9 Å². The van der Waals surface area contributed by atoms with Gasteiger partial charge in [0.1, 0.15) is 0 Å². The third-order valence-corrected chi connectivity index (χ3v) is 5.19. The molecule has 0 saturated carbocycles. The van der Waals surface area contributed by atoms with Gasteiger partial charge in [-0.2, -0.15) is 0 Å². The summed E-state index contributed by atoms with van der Waals surface area (Å²) in [6, 6.07) is 9.41. The van der Waals surface area contributed by atoms with Crippen LogP contribution in [0.25, 0.3) is 0 Å². The van der Waals surface area contributed by atoms with Crippen molar-refractivity contribution in [1.82, 2.24) is 15.5 Å². The van der Waals surface area contributed by atoms with Gasteiger partial charge in [0.25, 0.3) is 0 Å². The predicted octanol–water partition coefficient (Wildman–Crippen LogP) is 2.43. The molecule has 0 aromatic heterocycles. The van der Waals surface area contributed by atoms with Gasteiger partial charge in [-0.05, 0) is 56.8 Å². The Labute approximate surface area is 139 Å². The average molecular weight is 315 g/mol. The highest BCUT2D eigenvalue weighted by molar-refractivity contribution is 5.81. The van der Waals surface area contributed by atoms with E-state index >= 15 is 0 Å². The van der Waals surface area contributed by atoms with Gasteiger partial charge in [-0.25, -0.2) is 0 Å². The van der Waals surface area contributed by atoms with Gasteiger partial charge < -0.3 is 10.6 Å². The minimum atomic E-state index is 0.00913. The molecule has 2 atom stereocenters. The summed E-state index contributed by atoms with van der Waals surface area (Å²) in [5.41, 5.74) is 2.54. The molecule has 2 saturated heterocycles. The summed E-state index contributed by atoms with van der Waals surface area (Å²) in [4.78, 5) is 14.6. The molecule has 2 N–H and O–H groups in total. The number of hydrogen-bond acceptors (Lipinski definition) is 3. The average Bonchev–Trinajstić information content (AvgIpc) is 3.11. The van der Waals surface area contributed by atoms with Crippen LogP contribution in [0.1, 0.15) is 50.2 Å². The fourth-order valence-corrected chi connectivity index (χ4v) is 3.61. The van der Waals surface area contributed by atoms with Crippen molar-refractivity contribution in [1.29, 1.82) is 0 Å². The summed E-state index contributed by atoms with van der Waals surface area (Å²) in [7, 11) is 0. The molecule has 1 aromatic rings. The lowest BCUT2D eigenvalue weighted by molar-refractivity contribution is -0.122. The highest BCUT2D eigenvalue weighted by Crippen LogP contribution is 2.19. The normalized spacial score (nSPS) is 25.4. The number of likely N-dealkylation sites (tertiary alicyclic amines) is 1. The maximum absolute atomic E-state index is 12.0. The van der Waals surface area contributed by atoms with Crippen molar-refractivity contribution >= 4 is 5.91 Å². The molecule has 0 radical (unpaired) electrons. The van der Waals surface area contributed by atoms with Crippen molar-refractivity contribution < 1.29 is 4.79 Å². The number of amides is 1. The van der Waals surface area contributed by atoms with Crippen LogP contribution in [0.3, 0.4) is 0 Å². The van der Waals surface area contributed by atoms with Crippen LogP contribution >= 0.6 is 0 Å². The van der Waals surface area contributed by atoms with Crippen molar-refractivity contribution in [3.05, 3.63) is 35.4 Å². The Morgan fingerprint density at radius 1 is 1.17 bits per heavy atom. The first kappa shape index (κ1) is 16.5. The Morgan fingerprint density at radius 3 is 2.65 bits per heavy atom. The molecule has 0 bridgehead atoms. The number of rotatable bonds is 5. The van der Waals surface area contributed by atoms with E-state index in [1.807, 2.05) is 0 Å². The molecule has 2 aliphatic heterocycles. The highest BCUT2D eigenvalue weighted by atomic mass is 16.2. The van der Waals surface area contributed by atoms with Crippen molar-refractivity contribution in [3.63, 3.8) is 0 Å². The number of carbonyl (C=O) groups excluding carboxylic acids is 1. The number of nitrogens with one attached hydrogen (secondary N) is 2. The van der Waals surface area contributed by atoms with Crippen LogP contribution in [0.2, 0.25) is 0 Å². The first-order valence-corrected chi connectivity index (χ1v) is 9.05. The topological polar surface area (TPSA) is 44.4 Å². The van der Waals surface area contributed by atoms with Gasteiger partial charge in [-0.3, -0.25) is 9.69 Å². The molecule has 1 aromatic carbocycles. The number of hydrogen-bond donors (Lipinski definition) is 2. The van der Waals surface area contributed by atoms with E-state index in [4.69, 9.17) is 0 Å². The van der Waals surface area contributed by atoms with Crippen molar-refractivity contribution in [2.45, 2.75) is 64.2 Å². The molecule has 23 heavy (non-hydrogen) atoms. The molecule has 2 fully saturated rings. The van der Waals surface area contributed by atoms with Crippen LogP contribution < -0.4 is 10.6 Å². The zero-order chi connectivity index (χ0) is 16.1. The predicted molar refractivity (Wildman–Crippen MR) is 93.0 cm³/mol. The monoisotopic (exact) mass is 315 g/mol. The Bertz CT molecular complexity index is 508. The summed E-state index contributed by atoms with van der Waals surface area (Å²) in [6.45, 7) is 6.17. The molecule has 4 heteroatoms. The summed E-state index contributed by atoms with van der Waals surface area (Å²) in [6.07, 6.45) is 6.07. The molecule has 1 amide bonds. The van der Waals surface area contributed by atoms with E-state index in [9.17, 15) is 4.79 Å². The second kappa shape index (κ2) is 7.93. The molecular formula is C19H29N3O. The van der Waals surface area contributed by atoms with Gasteiger partial charge in [0.05, 0.1) is 6.04 Å². The second-order valence-electron chi connectivity index (χ2n) is 7.00. The van der Waals surface area contributed by atoms with Gasteiger partial charge in [0.15, 0.2) is 0 Å². The van der Waals surface area contributed by atoms with E-state index in [0.29, 0.717) is 12.6 Å². The SMILES string of the molecule is CC1CCCCN1Cc1ccc(CNC(=O)C2CCCN2)cc1. The first-order valence-electron chi connectivity index (χ1n) is 9.05. The molecule has 3 rings (SSSR count). The van der Waals surface area contributed by atoms with Gasteiger partial charge in [-0.1, -0.05) is 30.7 Å². The number of carbonyl (C=O) groups is 1. The molecule has 2 aliphatic rings. The van der Waals surface area contributed by atoms with E-state index in [0.717, 1.165) is 25.9 Å². The maximum atomic E-state index is 12.0. The lowest BCUT2D eigenvalue weighted by Crippen LogP contribution is -2.40. The maximum Gasteiger partial charge on any atom is 0.237 e. The lowest BCUT2D eigenvalue weighted by atomic mass is 10.0.